The maximum Gasteiger partial charge on any atom is 0.287 e. The zero-order valence-corrected chi connectivity index (χ0v) is 13.1. The monoisotopic (exact) mass is 319 g/mol. The summed E-state index contributed by atoms with van der Waals surface area (Å²) in [6, 6.07) is 9.67. The molecule has 2 heterocycles. The summed E-state index contributed by atoms with van der Waals surface area (Å²) in [6.45, 7) is 1.83. The van der Waals surface area contributed by atoms with Gasteiger partial charge in [-0.2, -0.15) is 0 Å². The number of aromatic nitrogens is 1. The minimum Gasteiger partial charge on any atom is -0.369 e. The van der Waals surface area contributed by atoms with E-state index in [-0.39, 0.29) is 5.76 Å². The number of rotatable bonds is 4. The number of allylic oxidation sites excluding steroid dienone is 3. The summed E-state index contributed by atoms with van der Waals surface area (Å²) >= 11 is 0. The third-order valence-electron chi connectivity index (χ3n) is 4.28. The molecule has 1 aromatic carbocycles. The Bertz CT molecular complexity index is 872. The standard InChI is InChI=1S/C19H17N3O2/c20-19(23)18-9-17(21-24-18)14-7-5-13(6-8-14)10-22-11-15-3-1-2-4-16(15)12-22/h1-3,5-9,12H,4,10-11H2,(H2,20,23). The zero-order valence-electron chi connectivity index (χ0n) is 13.1. The van der Waals surface area contributed by atoms with Crippen molar-refractivity contribution in [2.45, 2.75) is 13.0 Å². The molecule has 1 aromatic heterocycles. The maximum atomic E-state index is 11.1. The van der Waals surface area contributed by atoms with E-state index in [0.29, 0.717) is 5.69 Å². The third kappa shape index (κ3) is 2.76. The Morgan fingerprint density at radius 3 is 2.79 bits per heavy atom. The number of carbonyl (C=O) groups excluding carboxylic acids is 1. The van der Waals surface area contributed by atoms with Crippen LogP contribution in [0.5, 0.6) is 0 Å². The molecule has 0 unspecified atom stereocenters. The van der Waals surface area contributed by atoms with Crippen LogP contribution in [0.4, 0.5) is 0 Å². The van der Waals surface area contributed by atoms with Crippen LogP contribution in [0.15, 0.2) is 70.4 Å². The number of carbonyl (C=O) groups is 1. The molecule has 120 valence electrons. The van der Waals surface area contributed by atoms with E-state index in [1.165, 1.54) is 16.7 Å². The van der Waals surface area contributed by atoms with Gasteiger partial charge in [-0.05, 0) is 23.1 Å². The molecular weight excluding hydrogens is 302 g/mol. The van der Waals surface area contributed by atoms with Gasteiger partial charge in [0.15, 0.2) is 0 Å². The lowest BCUT2D eigenvalue weighted by atomic mass is 10.0. The average molecular weight is 319 g/mol. The molecule has 0 spiro atoms. The lowest BCUT2D eigenvalue weighted by Crippen LogP contribution is -2.14. The molecule has 0 fully saturated rings. The highest BCUT2D eigenvalue weighted by atomic mass is 16.5. The summed E-state index contributed by atoms with van der Waals surface area (Å²) < 4.78 is 4.92. The second kappa shape index (κ2) is 5.85. The Labute approximate surface area is 139 Å². The van der Waals surface area contributed by atoms with Crippen molar-refractivity contribution in [3.05, 3.63) is 77.2 Å². The Balaban J connectivity index is 1.46. The molecule has 1 aliphatic carbocycles. The van der Waals surface area contributed by atoms with Gasteiger partial charge in [-0.3, -0.25) is 4.79 Å². The number of benzene rings is 1. The molecule has 0 atom stereocenters. The van der Waals surface area contributed by atoms with Crippen LogP contribution < -0.4 is 5.73 Å². The molecule has 5 heteroatoms. The molecule has 0 saturated heterocycles. The van der Waals surface area contributed by atoms with Gasteiger partial charge >= 0.3 is 0 Å². The number of nitrogens with two attached hydrogens (primary N) is 1. The Kier molecular flexibility index (Phi) is 3.54. The fraction of sp³-hybridized carbons (Fsp3) is 0.158. The summed E-state index contributed by atoms with van der Waals surface area (Å²) in [7, 11) is 0. The molecule has 2 N–H and O–H groups in total. The summed E-state index contributed by atoms with van der Waals surface area (Å²) in [4.78, 5) is 13.4. The van der Waals surface area contributed by atoms with Crippen LogP contribution in [0, 0.1) is 0 Å². The van der Waals surface area contributed by atoms with Gasteiger partial charge in [0.25, 0.3) is 5.91 Å². The molecule has 2 aliphatic rings. The first kappa shape index (κ1) is 14.5. The number of hydrogen-bond acceptors (Lipinski definition) is 4. The van der Waals surface area contributed by atoms with E-state index < -0.39 is 5.91 Å². The van der Waals surface area contributed by atoms with Gasteiger partial charge in [-0.25, -0.2) is 0 Å². The van der Waals surface area contributed by atoms with Crippen LogP contribution in [0.3, 0.4) is 0 Å². The predicted octanol–water partition coefficient (Wildman–Crippen LogP) is 3.03. The van der Waals surface area contributed by atoms with E-state index in [1.54, 1.807) is 6.07 Å². The molecular formula is C19H17N3O2. The van der Waals surface area contributed by atoms with Crippen LogP contribution in [0.25, 0.3) is 11.3 Å². The van der Waals surface area contributed by atoms with Crippen molar-refractivity contribution in [1.82, 2.24) is 10.1 Å². The van der Waals surface area contributed by atoms with E-state index >= 15 is 0 Å². The first-order valence-electron chi connectivity index (χ1n) is 7.86. The summed E-state index contributed by atoms with van der Waals surface area (Å²) in [5, 5.41) is 3.88. The lowest BCUT2D eigenvalue weighted by molar-refractivity contribution is 0.0965. The quantitative estimate of drug-likeness (QED) is 0.940. The third-order valence-corrected chi connectivity index (χ3v) is 4.28. The van der Waals surface area contributed by atoms with E-state index in [2.05, 4.69) is 46.6 Å². The van der Waals surface area contributed by atoms with E-state index in [1.807, 2.05) is 12.1 Å². The van der Waals surface area contributed by atoms with Crippen LogP contribution in [-0.4, -0.2) is 22.5 Å². The van der Waals surface area contributed by atoms with E-state index in [0.717, 1.165) is 25.1 Å². The highest BCUT2D eigenvalue weighted by Gasteiger charge is 2.18. The molecule has 0 bridgehead atoms. The van der Waals surface area contributed by atoms with Gasteiger partial charge in [0.05, 0.1) is 0 Å². The summed E-state index contributed by atoms with van der Waals surface area (Å²) in [6.07, 6.45) is 9.78. The van der Waals surface area contributed by atoms with Crippen LogP contribution in [-0.2, 0) is 6.54 Å². The van der Waals surface area contributed by atoms with Crippen molar-refractivity contribution < 1.29 is 9.32 Å². The number of nitrogens with zero attached hydrogens (tertiary/aromatic N) is 2. The van der Waals surface area contributed by atoms with Crippen molar-refractivity contribution in [2.24, 2.45) is 5.73 Å². The van der Waals surface area contributed by atoms with E-state index in [4.69, 9.17) is 10.3 Å². The average Bonchev–Trinajstić information content (AvgIpc) is 3.22. The molecule has 0 saturated carbocycles. The molecule has 2 aromatic rings. The van der Waals surface area contributed by atoms with Crippen molar-refractivity contribution >= 4 is 5.91 Å². The molecule has 4 rings (SSSR count). The van der Waals surface area contributed by atoms with Crippen molar-refractivity contribution in [3.8, 4) is 11.3 Å². The van der Waals surface area contributed by atoms with Gasteiger partial charge in [-0.1, -0.05) is 47.7 Å². The Morgan fingerprint density at radius 1 is 1.25 bits per heavy atom. The normalized spacial score (nSPS) is 15.9. The van der Waals surface area contributed by atoms with Crippen LogP contribution >= 0.6 is 0 Å². The van der Waals surface area contributed by atoms with Gasteiger partial charge in [0, 0.05) is 30.9 Å². The highest BCUT2D eigenvalue weighted by molar-refractivity contribution is 5.90. The Morgan fingerprint density at radius 2 is 2.08 bits per heavy atom. The predicted molar refractivity (Wildman–Crippen MR) is 90.8 cm³/mol. The largest absolute Gasteiger partial charge is 0.369 e. The lowest BCUT2D eigenvalue weighted by Gasteiger charge is -2.15. The minimum atomic E-state index is -0.613. The second-order valence-electron chi connectivity index (χ2n) is 6.02. The fourth-order valence-corrected chi connectivity index (χ4v) is 3.04. The zero-order chi connectivity index (χ0) is 16.5. The SMILES string of the molecule is NC(=O)c1cc(-c2ccc(CN3C=C4CC=CC=C4C3)cc2)no1. The van der Waals surface area contributed by atoms with Gasteiger partial charge in [0.2, 0.25) is 5.76 Å². The van der Waals surface area contributed by atoms with Crippen molar-refractivity contribution in [1.29, 1.82) is 0 Å². The molecule has 1 amide bonds. The smallest absolute Gasteiger partial charge is 0.287 e. The molecule has 1 aliphatic heterocycles. The fourth-order valence-electron chi connectivity index (χ4n) is 3.04. The highest BCUT2D eigenvalue weighted by Crippen LogP contribution is 2.28. The number of primary amides is 1. The number of amides is 1. The van der Waals surface area contributed by atoms with Crippen molar-refractivity contribution in [2.75, 3.05) is 6.54 Å². The topological polar surface area (TPSA) is 72.4 Å². The summed E-state index contributed by atoms with van der Waals surface area (Å²) in [5.41, 5.74) is 10.7. The molecule has 24 heavy (non-hydrogen) atoms. The van der Waals surface area contributed by atoms with Gasteiger partial charge in [-0.15, -0.1) is 0 Å². The Hall–Kier alpha value is -3.08. The summed E-state index contributed by atoms with van der Waals surface area (Å²) in [5.74, 6) is -0.542. The van der Waals surface area contributed by atoms with Gasteiger partial charge in [0.1, 0.15) is 5.69 Å². The van der Waals surface area contributed by atoms with Gasteiger partial charge < -0.3 is 15.2 Å². The molecule has 5 nitrogen and oxygen atoms in total. The maximum absolute atomic E-state index is 11.1. The first-order chi connectivity index (χ1) is 11.7. The number of hydrogen-bond donors (Lipinski definition) is 1. The first-order valence-corrected chi connectivity index (χ1v) is 7.86. The van der Waals surface area contributed by atoms with E-state index in [9.17, 15) is 4.79 Å². The number of fused-ring (bicyclic) bond motifs is 1. The van der Waals surface area contributed by atoms with Crippen LogP contribution in [0.1, 0.15) is 22.5 Å². The second-order valence-corrected chi connectivity index (χ2v) is 6.02. The van der Waals surface area contributed by atoms with Crippen LogP contribution in [0.2, 0.25) is 0 Å². The van der Waals surface area contributed by atoms with Crippen molar-refractivity contribution in [3.63, 3.8) is 0 Å². The minimum absolute atomic E-state index is 0.0715. The molecule has 0 radical (unpaired) electrons.